The first-order valence-corrected chi connectivity index (χ1v) is 15.4. The van der Waals surface area contributed by atoms with Crippen LogP contribution in [0, 0.1) is 28.6 Å². The highest BCUT2D eigenvalue weighted by molar-refractivity contribution is 7.89. The fraction of sp³-hybridized carbons (Fsp3) is 0.724. The van der Waals surface area contributed by atoms with Gasteiger partial charge in [0.05, 0.1) is 10.5 Å². The molecule has 1 amide bonds. The minimum Gasteiger partial charge on any atom is -0.452 e. The fourth-order valence-electron chi connectivity index (χ4n) is 9.42. The van der Waals surface area contributed by atoms with Gasteiger partial charge < -0.3 is 10.1 Å². The number of rotatable bonds is 6. The number of ether oxygens (including phenoxy) is 1. The van der Waals surface area contributed by atoms with Crippen LogP contribution in [0.25, 0.3) is 0 Å². The van der Waals surface area contributed by atoms with E-state index in [0.29, 0.717) is 24.3 Å². The molecule has 5 aliphatic carbocycles. The number of nitrogens with zero attached hydrogens (tertiary/aromatic N) is 1. The second-order valence-corrected chi connectivity index (χ2v) is 16.0. The summed E-state index contributed by atoms with van der Waals surface area (Å²) in [5.41, 5.74) is 0.0905. The zero-order valence-corrected chi connectivity index (χ0v) is 23.1. The molecule has 0 spiro atoms. The Labute approximate surface area is 220 Å². The molecule has 2 atom stereocenters. The first-order valence-electron chi connectivity index (χ1n) is 13.9. The van der Waals surface area contributed by atoms with Gasteiger partial charge in [0.1, 0.15) is 0 Å². The van der Waals surface area contributed by atoms with Crippen molar-refractivity contribution in [3.8, 4) is 0 Å². The summed E-state index contributed by atoms with van der Waals surface area (Å²) in [7, 11) is -3.75. The molecule has 6 bridgehead atoms. The summed E-state index contributed by atoms with van der Waals surface area (Å²) < 4.78 is 34.3. The van der Waals surface area contributed by atoms with Gasteiger partial charge in [0.15, 0.2) is 6.61 Å². The maximum Gasteiger partial charge on any atom is 0.338 e. The molecule has 1 aromatic rings. The molecule has 7 nitrogen and oxygen atoms in total. The molecule has 1 heterocycles. The number of fused-ring (bicyclic) bond motifs is 2. The van der Waals surface area contributed by atoms with Crippen molar-refractivity contribution in [3.63, 3.8) is 0 Å². The number of carbonyl (C=O) groups excluding carboxylic acids is 2. The van der Waals surface area contributed by atoms with Crippen LogP contribution in [0.2, 0.25) is 0 Å². The molecule has 202 valence electrons. The van der Waals surface area contributed by atoms with Crippen LogP contribution in [0.5, 0.6) is 0 Å². The summed E-state index contributed by atoms with van der Waals surface area (Å²) in [5.74, 6) is 1.19. The maximum atomic E-state index is 13.6. The number of esters is 1. The lowest BCUT2D eigenvalue weighted by Crippen LogP contribution is -2.60. The van der Waals surface area contributed by atoms with Crippen molar-refractivity contribution in [2.75, 3.05) is 13.2 Å². The number of hydrogen-bond acceptors (Lipinski definition) is 5. The van der Waals surface area contributed by atoms with Crippen LogP contribution in [0.15, 0.2) is 29.2 Å². The molecule has 1 saturated heterocycles. The summed E-state index contributed by atoms with van der Waals surface area (Å²) >= 11 is 0. The average molecular weight is 529 g/mol. The minimum atomic E-state index is -3.75. The van der Waals surface area contributed by atoms with Crippen LogP contribution in [-0.4, -0.2) is 49.3 Å². The van der Waals surface area contributed by atoms with Gasteiger partial charge in [-0.25, -0.2) is 13.2 Å². The lowest BCUT2D eigenvalue weighted by molar-refractivity contribution is -0.130. The number of benzene rings is 1. The summed E-state index contributed by atoms with van der Waals surface area (Å²) in [4.78, 5) is 25.7. The zero-order valence-electron chi connectivity index (χ0n) is 22.3. The second-order valence-electron chi connectivity index (χ2n) is 14.1. The van der Waals surface area contributed by atoms with Gasteiger partial charge in [0, 0.05) is 18.1 Å². The van der Waals surface area contributed by atoms with Gasteiger partial charge in [-0.2, -0.15) is 4.31 Å². The predicted molar refractivity (Wildman–Crippen MR) is 139 cm³/mol. The van der Waals surface area contributed by atoms with Crippen LogP contribution in [0.1, 0.15) is 88.9 Å². The van der Waals surface area contributed by atoms with Crippen molar-refractivity contribution in [2.24, 2.45) is 28.6 Å². The molecule has 6 fully saturated rings. The van der Waals surface area contributed by atoms with Gasteiger partial charge >= 0.3 is 5.97 Å². The molecule has 6 aliphatic rings. The number of hydrogen-bond donors (Lipinski definition) is 1. The monoisotopic (exact) mass is 528 g/mol. The van der Waals surface area contributed by atoms with E-state index in [4.69, 9.17) is 4.74 Å². The van der Waals surface area contributed by atoms with E-state index < -0.39 is 16.0 Å². The normalized spacial score (nSPS) is 37.9. The van der Waals surface area contributed by atoms with Crippen LogP contribution in [-0.2, 0) is 19.6 Å². The van der Waals surface area contributed by atoms with E-state index in [9.17, 15) is 18.0 Å². The smallest absolute Gasteiger partial charge is 0.338 e. The Hall–Kier alpha value is -1.93. The lowest BCUT2D eigenvalue weighted by atomic mass is 9.53. The molecule has 5 saturated carbocycles. The van der Waals surface area contributed by atoms with Gasteiger partial charge in [0.25, 0.3) is 5.91 Å². The molecule has 0 aromatic heterocycles. The molecule has 1 aromatic carbocycles. The standard InChI is InChI=1S/C29H40N2O5S/c1-27(2)14-23-15-28(3,17-27)18-31(23)37(34,35)24-6-4-5-22(10-24)26(33)36-16-25(32)30-29-11-19-7-20(12-29)9-21(8-19)13-29/h4-6,10,19-21,23H,7-9,11-18H2,1-3H3,(H,30,32)/t19?,20?,21?,23-,28+,29?/m1/s1. The molecule has 7 rings (SSSR count). The third-order valence-corrected chi connectivity index (χ3v) is 11.7. The maximum absolute atomic E-state index is 13.6. The summed E-state index contributed by atoms with van der Waals surface area (Å²) in [6.45, 7) is 6.76. The third kappa shape index (κ3) is 4.73. The predicted octanol–water partition coefficient (Wildman–Crippen LogP) is 4.52. The Balaban J connectivity index is 1.10. The van der Waals surface area contributed by atoms with E-state index in [0.717, 1.165) is 38.5 Å². The van der Waals surface area contributed by atoms with Gasteiger partial charge in [-0.15, -0.1) is 0 Å². The SMILES string of the molecule is CC1(C)C[C@@H]2C[C@](C)(CN2S(=O)(=O)c2cccc(C(=O)OCC(=O)NC34CC5CC(CC(C5)C3)C4)c2)C1. The Bertz CT molecular complexity index is 1190. The molecule has 37 heavy (non-hydrogen) atoms. The Morgan fingerprint density at radius 2 is 1.65 bits per heavy atom. The molecule has 0 unspecified atom stereocenters. The summed E-state index contributed by atoms with van der Waals surface area (Å²) in [5, 5.41) is 3.22. The molecule has 0 radical (unpaired) electrons. The highest BCUT2D eigenvalue weighted by atomic mass is 32.2. The van der Waals surface area contributed by atoms with Crippen molar-refractivity contribution < 1.29 is 22.7 Å². The van der Waals surface area contributed by atoms with Crippen LogP contribution >= 0.6 is 0 Å². The Kier molecular flexibility index (Phi) is 5.85. The number of amides is 1. The molecule has 8 heteroatoms. The van der Waals surface area contributed by atoms with Gasteiger partial charge in [-0.3, -0.25) is 4.79 Å². The fourth-order valence-corrected chi connectivity index (χ4v) is 11.2. The first kappa shape index (κ1) is 25.4. The van der Waals surface area contributed by atoms with Crippen LogP contribution < -0.4 is 5.32 Å². The minimum absolute atomic E-state index is 0.0253. The van der Waals surface area contributed by atoms with Crippen LogP contribution in [0.3, 0.4) is 0 Å². The van der Waals surface area contributed by atoms with Gasteiger partial charge in [-0.05, 0) is 105 Å². The lowest BCUT2D eigenvalue weighted by Gasteiger charge is -2.56. The number of nitrogens with one attached hydrogen (secondary N) is 1. The molecule has 1 N–H and O–H groups in total. The van der Waals surface area contributed by atoms with Crippen molar-refractivity contribution in [3.05, 3.63) is 29.8 Å². The number of sulfonamides is 1. The summed E-state index contributed by atoms with van der Waals surface area (Å²) in [6.07, 6.45) is 9.68. The summed E-state index contributed by atoms with van der Waals surface area (Å²) in [6, 6.07) is 6.03. The Morgan fingerprint density at radius 3 is 2.30 bits per heavy atom. The average Bonchev–Trinajstić information content (AvgIpc) is 3.05. The van der Waals surface area contributed by atoms with Crippen molar-refractivity contribution >= 4 is 21.9 Å². The zero-order chi connectivity index (χ0) is 26.2. The van der Waals surface area contributed by atoms with E-state index in [2.05, 4.69) is 26.1 Å². The van der Waals surface area contributed by atoms with E-state index in [-0.39, 0.29) is 45.4 Å². The first-order chi connectivity index (χ1) is 17.3. The molecular formula is C29H40N2O5S. The van der Waals surface area contributed by atoms with Crippen molar-refractivity contribution in [1.82, 2.24) is 9.62 Å². The third-order valence-electron chi connectivity index (χ3n) is 9.82. The second kappa shape index (κ2) is 8.54. The molecular weight excluding hydrogens is 488 g/mol. The van der Waals surface area contributed by atoms with Gasteiger partial charge in [0.2, 0.25) is 10.0 Å². The quantitative estimate of drug-likeness (QED) is 0.548. The highest BCUT2D eigenvalue weighted by Gasteiger charge is 2.53. The Morgan fingerprint density at radius 1 is 1.00 bits per heavy atom. The van der Waals surface area contributed by atoms with Gasteiger partial charge in [-0.1, -0.05) is 26.8 Å². The van der Waals surface area contributed by atoms with Crippen molar-refractivity contribution in [2.45, 2.75) is 95.0 Å². The largest absolute Gasteiger partial charge is 0.452 e. The molecule has 1 aliphatic heterocycles. The highest BCUT2D eigenvalue weighted by Crippen LogP contribution is 2.56. The van der Waals surface area contributed by atoms with E-state index in [1.54, 1.807) is 22.5 Å². The van der Waals surface area contributed by atoms with E-state index >= 15 is 0 Å². The number of carbonyl (C=O) groups is 2. The van der Waals surface area contributed by atoms with E-state index in [1.165, 1.54) is 25.3 Å². The van der Waals surface area contributed by atoms with Crippen molar-refractivity contribution in [1.29, 1.82) is 0 Å². The van der Waals surface area contributed by atoms with Crippen LogP contribution in [0.4, 0.5) is 0 Å². The topological polar surface area (TPSA) is 92.8 Å². The van der Waals surface area contributed by atoms with E-state index in [1.807, 2.05) is 0 Å².